The number of thioether (sulfide) groups is 1. The normalized spacial score (nSPS) is 14.2. The van der Waals surface area contributed by atoms with E-state index in [-0.39, 0.29) is 12.6 Å². The van der Waals surface area contributed by atoms with Crippen LogP contribution in [0, 0.1) is 0 Å². The molecule has 2 aromatic carbocycles. The third-order valence-corrected chi connectivity index (χ3v) is 5.97. The maximum absolute atomic E-state index is 12.7. The molecule has 0 saturated carbocycles. The van der Waals surface area contributed by atoms with Crippen LogP contribution in [0.15, 0.2) is 41.4 Å². The summed E-state index contributed by atoms with van der Waals surface area (Å²) < 4.78 is 22.0. The van der Waals surface area contributed by atoms with Gasteiger partial charge in [-0.25, -0.2) is 4.98 Å². The highest BCUT2D eigenvalue weighted by Gasteiger charge is 2.18. The van der Waals surface area contributed by atoms with Crippen LogP contribution in [0.2, 0.25) is 0 Å². The van der Waals surface area contributed by atoms with Gasteiger partial charge < -0.3 is 18.9 Å². The predicted octanol–water partition coefficient (Wildman–Crippen LogP) is 4.27. The summed E-state index contributed by atoms with van der Waals surface area (Å²) in [6.07, 6.45) is 0.831. The van der Waals surface area contributed by atoms with Crippen LogP contribution < -0.4 is 18.9 Å². The fourth-order valence-corrected chi connectivity index (χ4v) is 4.39. The number of carbonyl (C=O) groups excluding carboxylic acids is 1. The van der Waals surface area contributed by atoms with E-state index in [0.29, 0.717) is 41.8 Å². The summed E-state index contributed by atoms with van der Waals surface area (Å²) in [4.78, 5) is 17.5. The van der Waals surface area contributed by atoms with Crippen LogP contribution in [-0.4, -0.2) is 36.5 Å². The summed E-state index contributed by atoms with van der Waals surface area (Å²) in [5.74, 6) is 3.09. The summed E-state index contributed by atoms with van der Waals surface area (Å²) in [7, 11) is 0. The highest BCUT2D eigenvalue weighted by Crippen LogP contribution is 2.37. The SMILES string of the molecule is CCc1cc2cc3c(cc2nc1SCC(=O)c1ccc2c(c1)OCCO2)OCO3. The Morgan fingerprint density at radius 3 is 2.55 bits per heavy atom. The van der Waals surface area contributed by atoms with Gasteiger partial charge in [0, 0.05) is 17.0 Å². The monoisotopic (exact) mass is 409 g/mol. The lowest BCUT2D eigenvalue weighted by molar-refractivity contribution is 0.102. The van der Waals surface area contributed by atoms with Gasteiger partial charge in [0.2, 0.25) is 6.79 Å². The summed E-state index contributed by atoms with van der Waals surface area (Å²) in [5.41, 5.74) is 2.56. The van der Waals surface area contributed by atoms with E-state index in [9.17, 15) is 4.79 Å². The van der Waals surface area contributed by atoms with Crippen molar-refractivity contribution >= 4 is 28.4 Å². The Balaban J connectivity index is 1.38. The Labute approximate surface area is 172 Å². The zero-order chi connectivity index (χ0) is 19.8. The molecule has 0 aliphatic carbocycles. The van der Waals surface area contributed by atoms with Crippen molar-refractivity contribution in [3.05, 3.63) is 47.5 Å². The minimum Gasteiger partial charge on any atom is -0.486 e. The van der Waals surface area contributed by atoms with Crippen LogP contribution in [0.1, 0.15) is 22.8 Å². The third-order valence-electron chi connectivity index (χ3n) is 4.93. The lowest BCUT2D eigenvalue weighted by Gasteiger charge is -2.18. The van der Waals surface area contributed by atoms with E-state index in [1.54, 1.807) is 18.2 Å². The lowest BCUT2D eigenvalue weighted by atomic mass is 10.1. The van der Waals surface area contributed by atoms with Crippen LogP contribution in [0.3, 0.4) is 0 Å². The van der Waals surface area contributed by atoms with Gasteiger partial charge in [-0.2, -0.15) is 0 Å². The Morgan fingerprint density at radius 1 is 0.966 bits per heavy atom. The van der Waals surface area contributed by atoms with Crippen molar-refractivity contribution < 1.29 is 23.7 Å². The first-order valence-electron chi connectivity index (χ1n) is 9.50. The molecule has 1 aromatic heterocycles. The topological polar surface area (TPSA) is 66.9 Å². The zero-order valence-electron chi connectivity index (χ0n) is 15.9. The molecule has 148 valence electrons. The number of ether oxygens (including phenoxy) is 4. The average Bonchev–Trinajstić information content (AvgIpc) is 3.22. The first kappa shape index (κ1) is 18.1. The van der Waals surface area contributed by atoms with Crippen molar-refractivity contribution in [2.75, 3.05) is 25.8 Å². The Bertz CT molecular complexity index is 1110. The van der Waals surface area contributed by atoms with Crippen molar-refractivity contribution in [1.82, 2.24) is 4.98 Å². The molecule has 0 N–H and O–H groups in total. The van der Waals surface area contributed by atoms with Gasteiger partial charge in [0.25, 0.3) is 0 Å². The molecule has 3 heterocycles. The van der Waals surface area contributed by atoms with Gasteiger partial charge in [-0.1, -0.05) is 18.7 Å². The Kier molecular flexibility index (Phi) is 4.67. The number of hydrogen-bond donors (Lipinski definition) is 0. The third kappa shape index (κ3) is 3.46. The van der Waals surface area contributed by atoms with Gasteiger partial charge in [-0.15, -0.1) is 0 Å². The van der Waals surface area contributed by atoms with Gasteiger partial charge in [0.05, 0.1) is 11.3 Å². The molecule has 2 aliphatic heterocycles. The second-order valence-corrected chi connectivity index (χ2v) is 7.74. The summed E-state index contributed by atoms with van der Waals surface area (Å²) in [5, 5.41) is 1.87. The van der Waals surface area contributed by atoms with Gasteiger partial charge in [-0.3, -0.25) is 4.79 Å². The van der Waals surface area contributed by atoms with Crippen LogP contribution in [0.5, 0.6) is 23.0 Å². The van der Waals surface area contributed by atoms with Crippen molar-refractivity contribution in [3.8, 4) is 23.0 Å². The zero-order valence-corrected chi connectivity index (χ0v) is 16.7. The molecular weight excluding hydrogens is 390 g/mol. The van der Waals surface area contributed by atoms with E-state index in [1.807, 2.05) is 12.1 Å². The molecule has 29 heavy (non-hydrogen) atoms. The lowest BCUT2D eigenvalue weighted by Crippen LogP contribution is -2.16. The van der Waals surface area contributed by atoms with Crippen LogP contribution in [0.25, 0.3) is 10.9 Å². The van der Waals surface area contributed by atoms with Gasteiger partial charge in [0.15, 0.2) is 28.8 Å². The van der Waals surface area contributed by atoms with E-state index in [0.717, 1.165) is 33.7 Å². The molecule has 0 atom stereocenters. The average molecular weight is 409 g/mol. The number of fused-ring (bicyclic) bond motifs is 3. The van der Waals surface area contributed by atoms with Crippen molar-refractivity contribution in [3.63, 3.8) is 0 Å². The molecule has 0 unspecified atom stereocenters. The predicted molar refractivity (Wildman–Crippen MR) is 110 cm³/mol. The number of benzene rings is 2. The molecule has 5 rings (SSSR count). The largest absolute Gasteiger partial charge is 0.486 e. The summed E-state index contributed by atoms with van der Waals surface area (Å²) >= 11 is 1.46. The van der Waals surface area contributed by atoms with Gasteiger partial charge in [0.1, 0.15) is 18.2 Å². The first-order chi connectivity index (χ1) is 14.2. The van der Waals surface area contributed by atoms with E-state index in [4.69, 9.17) is 23.9 Å². The quantitative estimate of drug-likeness (QED) is 0.460. The number of aryl methyl sites for hydroxylation is 1. The Morgan fingerprint density at radius 2 is 1.72 bits per heavy atom. The minimum atomic E-state index is 0.0293. The minimum absolute atomic E-state index is 0.0293. The fraction of sp³-hybridized carbons (Fsp3) is 0.273. The van der Waals surface area contributed by atoms with E-state index >= 15 is 0 Å². The van der Waals surface area contributed by atoms with E-state index < -0.39 is 0 Å². The smallest absolute Gasteiger partial charge is 0.231 e. The second-order valence-electron chi connectivity index (χ2n) is 6.77. The van der Waals surface area contributed by atoms with Gasteiger partial charge in [-0.05, 0) is 42.3 Å². The number of aromatic nitrogens is 1. The number of hydrogen-bond acceptors (Lipinski definition) is 7. The summed E-state index contributed by atoms with van der Waals surface area (Å²) in [6, 6.07) is 11.3. The number of rotatable bonds is 5. The van der Waals surface area contributed by atoms with E-state index in [2.05, 4.69) is 13.0 Å². The van der Waals surface area contributed by atoms with E-state index in [1.165, 1.54) is 11.8 Å². The Hall–Kier alpha value is -2.93. The van der Waals surface area contributed by atoms with Crippen molar-refractivity contribution in [1.29, 1.82) is 0 Å². The molecule has 0 radical (unpaired) electrons. The standard InChI is InChI=1S/C22H19NO5S/c1-2-13-7-15-9-20-21(28-12-27-20)10-16(15)23-22(13)29-11-17(24)14-3-4-18-19(8-14)26-6-5-25-18/h3-4,7-10H,2,5-6,11-12H2,1H3. The van der Waals surface area contributed by atoms with Crippen molar-refractivity contribution in [2.45, 2.75) is 18.4 Å². The molecule has 6 nitrogen and oxygen atoms in total. The molecule has 0 spiro atoms. The number of pyridine rings is 1. The van der Waals surface area contributed by atoms with Crippen LogP contribution >= 0.6 is 11.8 Å². The van der Waals surface area contributed by atoms with Crippen molar-refractivity contribution in [2.24, 2.45) is 0 Å². The molecule has 7 heteroatoms. The number of carbonyl (C=O) groups is 1. The maximum atomic E-state index is 12.7. The number of ketones is 1. The maximum Gasteiger partial charge on any atom is 0.231 e. The fourth-order valence-electron chi connectivity index (χ4n) is 3.40. The molecule has 2 aliphatic rings. The summed E-state index contributed by atoms with van der Waals surface area (Å²) in [6.45, 7) is 3.35. The molecular formula is C22H19NO5S. The highest BCUT2D eigenvalue weighted by molar-refractivity contribution is 8.00. The number of Topliss-reactive ketones (excluding diaryl/α,β-unsaturated/α-hetero) is 1. The molecule has 3 aromatic rings. The molecule has 0 amide bonds. The highest BCUT2D eigenvalue weighted by atomic mass is 32.2. The van der Waals surface area contributed by atoms with Gasteiger partial charge >= 0.3 is 0 Å². The first-order valence-corrected chi connectivity index (χ1v) is 10.5. The molecule has 0 fully saturated rings. The van der Waals surface area contributed by atoms with Crippen LogP contribution in [0.4, 0.5) is 0 Å². The van der Waals surface area contributed by atoms with Crippen LogP contribution in [-0.2, 0) is 6.42 Å². The molecule has 0 bridgehead atoms. The second kappa shape index (κ2) is 7.48. The number of nitrogens with zero attached hydrogens (tertiary/aromatic N) is 1. The molecule has 0 saturated heterocycles.